The Kier molecular flexibility index (Phi) is 4.72. The van der Waals surface area contributed by atoms with Crippen LogP contribution >= 0.6 is 0 Å². The molecule has 0 saturated carbocycles. The summed E-state index contributed by atoms with van der Waals surface area (Å²) < 4.78 is 18.9. The zero-order valence-electron chi connectivity index (χ0n) is 11.5. The van der Waals surface area contributed by atoms with Crippen LogP contribution in [0.3, 0.4) is 0 Å². The number of benzene rings is 2. The fourth-order valence-electron chi connectivity index (χ4n) is 1.91. The summed E-state index contributed by atoms with van der Waals surface area (Å²) in [6.45, 7) is 2.32. The van der Waals surface area contributed by atoms with E-state index in [0.717, 1.165) is 17.2 Å². The Hall–Kier alpha value is -2.62. The number of aryl methyl sites for hydroxylation is 1. The number of carboxylic acid groups (broad SMARTS) is 1. The first kappa shape index (κ1) is 14.8. The lowest BCUT2D eigenvalue weighted by atomic mass is 10.1. The number of ether oxygens (including phenoxy) is 1. The Morgan fingerprint density at radius 3 is 2.81 bits per heavy atom. The van der Waals surface area contributed by atoms with E-state index in [9.17, 15) is 9.18 Å². The van der Waals surface area contributed by atoms with E-state index >= 15 is 0 Å². The van der Waals surface area contributed by atoms with Crippen molar-refractivity contribution in [1.29, 1.82) is 0 Å². The van der Waals surface area contributed by atoms with Gasteiger partial charge >= 0.3 is 5.97 Å². The normalized spacial score (nSPS) is 10.8. The van der Waals surface area contributed by atoms with E-state index < -0.39 is 11.8 Å². The summed E-state index contributed by atoms with van der Waals surface area (Å²) in [6.07, 6.45) is 2.27. The molecular weight excluding hydrogens is 271 g/mol. The van der Waals surface area contributed by atoms with Gasteiger partial charge in [0.2, 0.25) is 0 Å². The number of halogens is 1. The molecular formula is C17H15FO3. The minimum atomic E-state index is -1.09. The third kappa shape index (κ3) is 4.45. The largest absolute Gasteiger partial charge is 0.488 e. The highest BCUT2D eigenvalue weighted by molar-refractivity contribution is 5.85. The second kappa shape index (κ2) is 6.70. The Labute approximate surface area is 122 Å². The number of aliphatic carboxylic acids is 1. The zero-order chi connectivity index (χ0) is 15.2. The van der Waals surface area contributed by atoms with Crippen LogP contribution in [-0.4, -0.2) is 11.1 Å². The molecule has 4 heteroatoms. The molecule has 21 heavy (non-hydrogen) atoms. The Morgan fingerprint density at radius 1 is 1.29 bits per heavy atom. The molecule has 0 spiro atoms. The van der Waals surface area contributed by atoms with Crippen LogP contribution in [-0.2, 0) is 11.4 Å². The Morgan fingerprint density at radius 2 is 2.10 bits per heavy atom. The fraction of sp³-hybridized carbons (Fsp3) is 0.118. The van der Waals surface area contributed by atoms with Crippen molar-refractivity contribution in [2.45, 2.75) is 13.5 Å². The topological polar surface area (TPSA) is 46.5 Å². The predicted molar refractivity (Wildman–Crippen MR) is 78.6 cm³/mol. The zero-order valence-corrected chi connectivity index (χ0v) is 11.5. The lowest BCUT2D eigenvalue weighted by molar-refractivity contribution is -0.131. The van der Waals surface area contributed by atoms with Crippen molar-refractivity contribution in [3.8, 4) is 5.75 Å². The molecule has 0 unspecified atom stereocenters. The van der Waals surface area contributed by atoms with E-state index in [1.165, 1.54) is 24.3 Å². The van der Waals surface area contributed by atoms with Gasteiger partial charge in [-0.15, -0.1) is 0 Å². The van der Waals surface area contributed by atoms with Gasteiger partial charge in [-0.05, 0) is 36.8 Å². The van der Waals surface area contributed by atoms with E-state index in [-0.39, 0.29) is 0 Å². The highest BCUT2D eigenvalue weighted by Gasteiger charge is 2.04. The highest BCUT2D eigenvalue weighted by Crippen LogP contribution is 2.22. The van der Waals surface area contributed by atoms with Gasteiger partial charge in [-0.25, -0.2) is 9.18 Å². The number of carbonyl (C=O) groups is 1. The van der Waals surface area contributed by atoms with Crippen molar-refractivity contribution in [2.24, 2.45) is 0 Å². The summed E-state index contributed by atoms with van der Waals surface area (Å²) in [7, 11) is 0. The van der Waals surface area contributed by atoms with E-state index in [0.29, 0.717) is 17.9 Å². The van der Waals surface area contributed by atoms with Gasteiger partial charge in [-0.3, -0.25) is 0 Å². The van der Waals surface area contributed by atoms with Gasteiger partial charge in [0.25, 0.3) is 0 Å². The summed E-state index contributed by atoms with van der Waals surface area (Å²) in [5, 5.41) is 8.65. The molecule has 0 aliphatic carbocycles. The van der Waals surface area contributed by atoms with Crippen molar-refractivity contribution in [3.05, 3.63) is 71.0 Å². The molecule has 0 heterocycles. The molecule has 0 aromatic heterocycles. The van der Waals surface area contributed by atoms with Gasteiger partial charge in [0.05, 0.1) is 0 Å². The standard InChI is InChI=1S/C17H15FO3/c1-12-3-2-4-13(9-12)11-21-16-7-6-15(18)10-14(16)5-8-17(19)20/h2-10H,11H2,1H3,(H,19,20)/b8-5+. The molecule has 0 amide bonds. The molecule has 1 N–H and O–H groups in total. The number of carboxylic acids is 1. The molecule has 0 fully saturated rings. The lowest BCUT2D eigenvalue weighted by Crippen LogP contribution is -1.98. The van der Waals surface area contributed by atoms with Crippen molar-refractivity contribution >= 4 is 12.0 Å². The molecule has 3 nitrogen and oxygen atoms in total. The second-order valence-corrected chi connectivity index (χ2v) is 4.63. The summed E-state index contributed by atoms with van der Waals surface area (Å²) >= 11 is 0. The molecule has 0 saturated heterocycles. The molecule has 2 rings (SSSR count). The number of hydrogen-bond acceptors (Lipinski definition) is 2. The predicted octanol–water partition coefficient (Wildman–Crippen LogP) is 3.81. The minimum Gasteiger partial charge on any atom is -0.488 e. The monoisotopic (exact) mass is 286 g/mol. The maximum absolute atomic E-state index is 13.3. The van der Waals surface area contributed by atoms with Gasteiger partial charge in [0, 0.05) is 11.6 Å². The smallest absolute Gasteiger partial charge is 0.328 e. The quantitative estimate of drug-likeness (QED) is 0.850. The third-order valence-corrected chi connectivity index (χ3v) is 2.85. The van der Waals surface area contributed by atoms with Crippen molar-refractivity contribution in [2.75, 3.05) is 0 Å². The van der Waals surface area contributed by atoms with Crippen LogP contribution in [0.5, 0.6) is 5.75 Å². The summed E-state index contributed by atoms with van der Waals surface area (Å²) in [5.74, 6) is -1.10. The van der Waals surface area contributed by atoms with Crippen LogP contribution < -0.4 is 4.74 Å². The molecule has 2 aromatic rings. The van der Waals surface area contributed by atoms with Gasteiger partial charge < -0.3 is 9.84 Å². The molecule has 108 valence electrons. The Balaban J connectivity index is 2.17. The van der Waals surface area contributed by atoms with Crippen LogP contribution in [0.15, 0.2) is 48.5 Å². The van der Waals surface area contributed by atoms with Crippen LogP contribution in [0, 0.1) is 12.7 Å². The number of rotatable bonds is 5. The van der Waals surface area contributed by atoms with E-state index in [1.807, 2.05) is 31.2 Å². The van der Waals surface area contributed by atoms with E-state index in [2.05, 4.69) is 0 Å². The molecule has 0 atom stereocenters. The first-order valence-corrected chi connectivity index (χ1v) is 6.43. The third-order valence-electron chi connectivity index (χ3n) is 2.85. The molecule has 0 bridgehead atoms. The molecule has 0 aliphatic rings. The first-order valence-electron chi connectivity index (χ1n) is 6.43. The lowest BCUT2D eigenvalue weighted by Gasteiger charge is -2.10. The van der Waals surface area contributed by atoms with Gasteiger partial charge in [-0.2, -0.15) is 0 Å². The maximum atomic E-state index is 13.3. The Bertz CT molecular complexity index is 677. The average Bonchev–Trinajstić information content (AvgIpc) is 2.44. The SMILES string of the molecule is Cc1cccc(COc2ccc(F)cc2/C=C/C(=O)O)c1. The average molecular weight is 286 g/mol. The molecule has 2 aromatic carbocycles. The fourth-order valence-corrected chi connectivity index (χ4v) is 1.91. The maximum Gasteiger partial charge on any atom is 0.328 e. The summed E-state index contributed by atoms with van der Waals surface area (Å²) in [6, 6.07) is 11.9. The van der Waals surface area contributed by atoms with Gasteiger partial charge in [0.1, 0.15) is 18.2 Å². The van der Waals surface area contributed by atoms with Gasteiger partial charge in [-0.1, -0.05) is 29.8 Å². The van der Waals surface area contributed by atoms with Crippen LogP contribution in [0.25, 0.3) is 6.08 Å². The van der Waals surface area contributed by atoms with Gasteiger partial charge in [0.15, 0.2) is 0 Å². The van der Waals surface area contributed by atoms with Crippen LogP contribution in [0.2, 0.25) is 0 Å². The summed E-state index contributed by atoms with van der Waals surface area (Å²) in [4.78, 5) is 10.6. The van der Waals surface area contributed by atoms with Crippen molar-refractivity contribution < 1.29 is 19.0 Å². The van der Waals surface area contributed by atoms with Crippen molar-refractivity contribution in [1.82, 2.24) is 0 Å². The molecule has 0 radical (unpaired) electrons. The minimum absolute atomic E-state index is 0.335. The second-order valence-electron chi connectivity index (χ2n) is 4.63. The van der Waals surface area contributed by atoms with Crippen molar-refractivity contribution in [3.63, 3.8) is 0 Å². The van der Waals surface area contributed by atoms with E-state index in [1.54, 1.807) is 0 Å². The first-order chi connectivity index (χ1) is 10.0. The van der Waals surface area contributed by atoms with Crippen LogP contribution in [0.1, 0.15) is 16.7 Å². The van der Waals surface area contributed by atoms with Crippen LogP contribution in [0.4, 0.5) is 4.39 Å². The molecule has 0 aliphatic heterocycles. The number of hydrogen-bond donors (Lipinski definition) is 1. The summed E-state index contributed by atoms with van der Waals surface area (Å²) in [5.41, 5.74) is 2.51. The van der Waals surface area contributed by atoms with E-state index in [4.69, 9.17) is 9.84 Å². The highest BCUT2D eigenvalue weighted by atomic mass is 19.1.